The quantitative estimate of drug-likeness (QED) is 0.228. The lowest BCUT2D eigenvalue weighted by Crippen LogP contribution is -2.34. The lowest BCUT2D eigenvalue weighted by Gasteiger charge is -2.23. The van der Waals surface area contributed by atoms with Gasteiger partial charge in [-0.15, -0.1) is 0 Å². The van der Waals surface area contributed by atoms with E-state index in [1.165, 1.54) is 0 Å². The molecule has 0 aliphatic heterocycles. The number of esters is 3. The van der Waals surface area contributed by atoms with Gasteiger partial charge in [0.2, 0.25) is 0 Å². The first-order valence-electron chi connectivity index (χ1n) is 9.26. The van der Waals surface area contributed by atoms with E-state index >= 15 is 0 Å². The van der Waals surface area contributed by atoms with Gasteiger partial charge in [-0.1, -0.05) is 26.2 Å². The molecule has 6 heteroatoms. The Hall–Kier alpha value is -1.59. The van der Waals surface area contributed by atoms with Crippen molar-refractivity contribution in [3.05, 3.63) is 0 Å². The van der Waals surface area contributed by atoms with Gasteiger partial charge in [0.15, 0.2) is 5.92 Å². The zero-order valence-electron chi connectivity index (χ0n) is 16.4. The predicted octanol–water partition coefficient (Wildman–Crippen LogP) is 3.80. The summed E-state index contributed by atoms with van der Waals surface area (Å²) in [6.45, 7) is 9.77. The van der Waals surface area contributed by atoms with Crippen LogP contribution < -0.4 is 0 Å². The van der Waals surface area contributed by atoms with Gasteiger partial charge < -0.3 is 14.2 Å². The Kier molecular flexibility index (Phi) is 11.9. The van der Waals surface area contributed by atoms with Crippen LogP contribution in [0.2, 0.25) is 0 Å². The van der Waals surface area contributed by atoms with E-state index in [-0.39, 0.29) is 5.97 Å². The largest absolute Gasteiger partial charge is 0.466 e. The molecule has 0 heterocycles. The molecule has 0 aromatic rings. The van der Waals surface area contributed by atoms with Gasteiger partial charge in [-0.2, -0.15) is 0 Å². The van der Waals surface area contributed by atoms with Gasteiger partial charge >= 0.3 is 17.9 Å². The summed E-state index contributed by atoms with van der Waals surface area (Å²) >= 11 is 0. The fourth-order valence-corrected chi connectivity index (χ4v) is 2.15. The minimum absolute atomic E-state index is 0.217. The first-order chi connectivity index (χ1) is 11.7. The van der Waals surface area contributed by atoms with Gasteiger partial charge in [0.05, 0.1) is 13.2 Å². The molecule has 0 bridgehead atoms. The molecule has 0 aromatic heterocycles. The van der Waals surface area contributed by atoms with Crippen LogP contribution in [0, 0.1) is 5.92 Å². The SMILES string of the molecule is CCCCOC(=O)C(CCCCCC(=O)OCC)C(=O)OC(C)(C)C. The normalized spacial score (nSPS) is 12.4. The van der Waals surface area contributed by atoms with Crippen molar-refractivity contribution in [3.8, 4) is 0 Å². The fourth-order valence-electron chi connectivity index (χ4n) is 2.15. The molecule has 0 saturated carbocycles. The average molecular weight is 358 g/mol. The maximum atomic E-state index is 12.3. The topological polar surface area (TPSA) is 78.9 Å². The fraction of sp³-hybridized carbons (Fsp3) is 0.842. The Labute approximate surface area is 151 Å². The second-order valence-electron chi connectivity index (χ2n) is 7.01. The third kappa shape index (κ3) is 12.4. The van der Waals surface area contributed by atoms with Gasteiger partial charge in [0.25, 0.3) is 0 Å². The summed E-state index contributed by atoms with van der Waals surface area (Å²) < 4.78 is 15.4. The summed E-state index contributed by atoms with van der Waals surface area (Å²) in [5.41, 5.74) is -0.650. The summed E-state index contributed by atoms with van der Waals surface area (Å²) in [6, 6.07) is 0. The Balaban J connectivity index is 4.45. The van der Waals surface area contributed by atoms with Crippen molar-refractivity contribution in [2.75, 3.05) is 13.2 Å². The monoisotopic (exact) mass is 358 g/mol. The van der Waals surface area contributed by atoms with Crippen molar-refractivity contribution < 1.29 is 28.6 Å². The van der Waals surface area contributed by atoms with Gasteiger partial charge in [0.1, 0.15) is 5.60 Å². The van der Waals surface area contributed by atoms with E-state index in [0.717, 1.165) is 19.3 Å². The number of unbranched alkanes of at least 4 members (excludes halogenated alkanes) is 3. The Morgan fingerprint density at radius 3 is 2.12 bits per heavy atom. The molecule has 1 unspecified atom stereocenters. The summed E-state index contributed by atoms with van der Waals surface area (Å²) in [5.74, 6) is -2.18. The molecular weight excluding hydrogens is 324 g/mol. The second kappa shape index (κ2) is 12.7. The van der Waals surface area contributed by atoms with Crippen LogP contribution >= 0.6 is 0 Å². The van der Waals surface area contributed by atoms with Crippen LogP contribution in [0.3, 0.4) is 0 Å². The molecule has 25 heavy (non-hydrogen) atoms. The standard InChI is InChI=1S/C19H34O6/c1-6-8-14-24-17(21)15(18(22)25-19(3,4)5)12-10-9-11-13-16(20)23-7-2/h15H,6-14H2,1-5H3. The van der Waals surface area contributed by atoms with Crippen molar-refractivity contribution in [2.45, 2.75) is 85.2 Å². The number of carbonyl (C=O) groups is 3. The molecule has 0 N–H and O–H groups in total. The van der Waals surface area contributed by atoms with Crippen molar-refractivity contribution in [3.63, 3.8) is 0 Å². The lowest BCUT2D eigenvalue weighted by atomic mass is 10.0. The number of ether oxygens (including phenoxy) is 3. The molecular formula is C19H34O6. The minimum Gasteiger partial charge on any atom is -0.466 e. The molecule has 6 nitrogen and oxygen atoms in total. The molecule has 0 amide bonds. The smallest absolute Gasteiger partial charge is 0.320 e. The van der Waals surface area contributed by atoms with Crippen LogP contribution in [-0.2, 0) is 28.6 Å². The first-order valence-corrected chi connectivity index (χ1v) is 9.26. The van der Waals surface area contributed by atoms with Crippen LogP contribution in [-0.4, -0.2) is 36.7 Å². The zero-order chi connectivity index (χ0) is 19.3. The molecule has 0 radical (unpaired) electrons. The van der Waals surface area contributed by atoms with Gasteiger partial charge in [-0.25, -0.2) is 0 Å². The summed E-state index contributed by atoms with van der Waals surface area (Å²) in [4.78, 5) is 35.8. The van der Waals surface area contributed by atoms with E-state index < -0.39 is 23.5 Å². The Bertz CT molecular complexity index is 411. The number of rotatable bonds is 12. The molecule has 0 aliphatic rings. The summed E-state index contributed by atoms with van der Waals surface area (Å²) in [6.07, 6.45) is 4.45. The molecule has 0 rings (SSSR count). The van der Waals surface area contributed by atoms with E-state index in [1.807, 2.05) is 6.92 Å². The van der Waals surface area contributed by atoms with Crippen LogP contribution in [0.25, 0.3) is 0 Å². The van der Waals surface area contributed by atoms with E-state index in [9.17, 15) is 14.4 Å². The van der Waals surface area contributed by atoms with E-state index in [0.29, 0.717) is 38.9 Å². The predicted molar refractivity (Wildman–Crippen MR) is 94.9 cm³/mol. The van der Waals surface area contributed by atoms with Crippen molar-refractivity contribution in [1.82, 2.24) is 0 Å². The van der Waals surface area contributed by atoms with Crippen molar-refractivity contribution in [1.29, 1.82) is 0 Å². The Morgan fingerprint density at radius 2 is 1.56 bits per heavy atom. The molecule has 0 fully saturated rings. The third-order valence-corrected chi connectivity index (χ3v) is 3.40. The van der Waals surface area contributed by atoms with E-state index in [4.69, 9.17) is 14.2 Å². The number of carbonyl (C=O) groups excluding carboxylic acids is 3. The molecule has 0 saturated heterocycles. The van der Waals surface area contributed by atoms with Crippen LogP contribution in [0.15, 0.2) is 0 Å². The van der Waals surface area contributed by atoms with Crippen molar-refractivity contribution >= 4 is 17.9 Å². The van der Waals surface area contributed by atoms with Crippen LogP contribution in [0.5, 0.6) is 0 Å². The molecule has 1 atom stereocenters. The van der Waals surface area contributed by atoms with Crippen molar-refractivity contribution in [2.24, 2.45) is 5.92 Å². The number of hydrogen-bond acceptors (Lipinski definition) is 6. The van der Waals surface area contributed by atoms with E-state index in [1.54, 1.807) is 27.7 Å². The first kappa shape index (κ1) is 23.4. The average Bonchev–Trinajstić information content (AvgIpc) is 2.49. The summed E-state index contributed by atoms with van der Waals surface area (Å²) in [7, 11) is 0. The highest BCUT2D eigenvalue weighted by molar-refractivity contribution is 5.95. The number of hydrogen-bond donors (Lipinski definition) is 0. The summed E-state index contributed by atoms with van der Waals surface area (Å²) in [5, 5.41) is 0. The highest BCUT2D eigenvalue weighted by atomic mass is 16.6. The third-order valence-electron chi connectivity index (χ3n) is 3.40. The molecule has 0 aromatic carbocycles. The Morgan fingerprint density at radius 1 is 0.880 bits per heavy atom. The van der Waals surface area contributed by atoms with Gasteiger partial charge in [0, 0.05) is 6.42 Å². The molecule has 0 spiro atoms. The van der Waals surface area contributed by atoms with Gasteiger partial charge in [-0.05, 0) is 47.0 Å². The van der Waals surface area contributed by atoms with Gasteiger partial charge in [-0.3, -0.25) is 14.4 Å². The lowest BCUT2D eigenvalue weighted by molar-refractivity contribution is -0.169. The highest BCUT2D eigenvalue weighted by Crippen LogP contribution is 2.19. The maximum Gasteiger partial charge on any atom is 0.320 e. The second-order valence-corrected chi connectivity index (χ2v) is 7.01. The minimum atomic E-state index is -0.904. The molecule has 146 valence electrons. The van der Waals surface area contributed by atoms with Crippen LogP contribution in [0.1, 0.15) is 79.6 Å². The van der Waals surface area contributed by atoms with E-state index in [2.05, 4.69) is 0 Å². The highest BCUT2D eigenvalue weighted by Gasteiger charge is 2.32. The van der Waals surface area contributed by atoms with Crippen LogP contribution in [0.4, 0.5) is 0 Å². The molecule has 0 aliphatic carbocycles. The zero-order valence-corrected chi connectivity index (χ0v) is 16.4. The maximum absolute atomic E-state index is 12.3.